The van der Waals surface area contributed by atoms with Crippen molar-refractivity contribution in [3.05, 3.63) is 53.6 Å². The largest absolute Gasteiger partial charge is 0.356 e. The van der Waals surface area contributed by atoms with Crippen LogP contribution in [0.25, 0.3) is 0 Å². The average Bonchev–Trinajstić information content (AvgIpc) is 2.92. The Hall–Kier alpha value is -2.24. The van der Waals surface area contributed by atoms with Gasteiger partial charge in [-0.05, 0) is 24.1 Å². The molecule has 6 heteroatoms. The zero-order chi connectivity index (χ0) is 14.4. The predicted octanol–water partition coefficient (Wildman–Crippen LogP) is 1.98. The Balaban J connectivity index is 1.71. The summed E-state index contributed by atoms with van der Waals surface area (Å²) in [7, 11) is 0. The Morgan fingerprint density at radius 2 is 2.15 bits per heavy atom. The van der Waals surface area contributed by atoms with Gasteiger partial charge in [-0.1, -0.05) is 6.07 Å². The zero-order valence-corrected chi connectivity index (χ0v) is 10.8. The SMILES string of the molecule is O=C(Cc1ccc(F)c(F)c1)NCCCc1ncc[nH]1. The van der Waals surface area contributed by atoms with Crippen LogP contribution in [0.15, 0.2) is 30.6 Å². The summed E-state index contributed by atoms with van der Waals surface area (Å²) in [5.74, 6) is -1.18. The van der Waals surface area contributed by atoms with Crippen LogP contribution in [-0.2, 0) is 17.6 Å². The van der Waals surface area contributed by atoms with Crippen LogP contribution in [0.4, 0.5) is 8.78 Å². The quantitative estimate of drug-likeness (QED) is 0.794. The highest BCUT2D eigenvalue weighted by Gasteiger charge is 2.07. The van der Waals surface area contributed by atoms with Gasteiger partial charge in [0.05, 0.1) is 6.42 Å². The number of hydrogen-bond donors (Lipinski definition) is 2. The molecular formula is C14H15F2N3O. The molecule has 0 saturated heterocycles. The van der Waals surface area contributed by atoms with Gasteiger partial charge < -0.3 is 10.3 Å². The van der Waals surface area contributed by atoms with E-state index in [9.17, 15) is 13.6 Å². The molecule has 2 rings (SSSR count). The fraction of sp³-hybridized carbons (Fsp3) is 0.286. The maximum absolute atomic E-state index is 13.0. The van der Waals surface area contributed by atoms with Gasteiger partial charge >= 0.3 is 0 Å². The third-order valence-electron chi connectivity index (χ3n) is 2.82. The van der Waals surface area contributed by atoms with Crippen LogP contribution in [0.5, 0.6) is 0 Å². The summed E-state index contributed by atoms with van der Waals surface area (Å²) in [6.07, 6.45) is 4.97. The Morgan fingerprint density at radius 1 is 1.30 bits per heavy atom. The molecule has 4 nitrogen and oxygen atoms in total. The molecular weight excluding hydrogens is 264 g/mol. The van der Waals surface area contributed by atoms with Crippen molar-refractivity contribution >= 4 is 5.91 Å². The molecule has 0 fully saturated rings. The van der Waals surface area contributed by atoms with E-state index in [1.54, 1.807) is 12.4 Å². The van der Waals surface area contributed by atoms with Crippen LogP contribution in [0.2, 0.25) is 0 Å². The smallest absolute Gasteiger partial charge is 0.224 e. The summed E-state index contributed by atoms with van der Waals surface area (Å²) in [6, 6.07) is 3.47. The minimum absolute atomic E-state index is 0.0396. The number of nitrogens with zero attached hydrogens (tertiary/aromatic N) is 1. The summed E-state index contributed by atoms with van der Waals surface area (Å²) >= 11 is 0. The van der Waals surface area contributed by atoms with Crippen molar-refractivity contribution in [1.82, 2.24) is 15.3 Å². The van der Waals surface area contributed by atoms with Crippen LogP contribution < -0.4 is 5.32 Å². The maximum atomic E-state index is 13.0. The van der Waals surface area contributed by atoms with Gasteiger partial charge in [0.15, 0.2) is 11.6 Å². The normalized spacial score (nSPS) is 10.5. The van der Waals surface area contributed by atoms with Crippen LogP contribution in [0.1, 0.15) is 17.8 Å². The summed E-state index contributed by atoms with van der Waals surface area (Å²) in [4.78, 5) is 18.7. The summed E-state index contributed by atoms with van der Waals surface area (Å²) < 4.78 is 25.7. The first-order valence-corrected chi connectivity index (χ1v) is 6.34. The van der Waals surface area contributed by atoms with E-state index in [4.69, 9.17) is 0 Å². The highest BCUT2D eigenvalue weighted by Crippen LogP contribution is 2.09. The van der Waals surface area contributed by atoms with Gasteiger partial charge in [-0.2, -0.15) is 0 Å². The molecule has 0 saturated carbocycles. The van der Waals surface area contributed by atoms with E-state index in [-0.39, 0.29) is 12.3 Å². The first-order chi connectivity index (χ1) is 9.65. The van der Waals surface area contributed by atoms with E-state index in [1.807, 2.05) is 0 Å². The highest BCUT2D eigenvalue weighted by atomic mass is 19.2. The average molecular weight is 279 g/mol. The topological polar surface area (TPSA) is 57.8 Å². The molecule has 2 N–H and O–H groups in total. The van der Waals surface area contributed by atoms with E-state index in [1.165, 1.54) is 6.07 Å². The first-order valence-electron chi connectivity index (χ1n) is 6.34. The number of rotatable bonds is 6. The summed E-state index contributed by atoms with van der Waals surface area (Å²) in [5, 5.41) is 2.73. The van der Waals surface area contributed by atoms with Crippen LogP contribution in [-0.4, -0.2) is 22.4 Å². The molecule has 1 amide bonds. The molecule has 2 aromatic rings. The Morgan fingerprint density at radius 3 is 2.85 bits per heavy atom. The van der Waals surface area contributed by atoms with Crippen molar-refractivity contribution in [2.24, 2.45) is 0 Å². The summed E-state index contributed by atoms with van der Waals surface area (Å²) in [5.41, 5.74) is 0.451. The second-order valence-corrected chi connectivity index (χ2v) is 4.41. The van der Waals surface area contributed by atoms with Crippen LogP contribution in [0.3, 0.4) is 0 Å². The molecule has 0 aliphatic heterocycles. The number of aromatic amines is 1. The Labute approximate surface area is 115 Å². The number of hydrogen-bond acceptors (Lipinski definition) is 2. The van der Waals surface area contributed by atoms with E-state index in [0.29, 0.717) is 12.1 Å². The van der Waals surface area contributed by atoms with Gasteiger partial charge in [0, 0.05) is 25.4 Å². The maximum Gasteiger partial charge on any atom is 0.224 e. The molecule has 0 spiro atoms. The number of carbonyl (C=O) groups excluding carboxylic acids is 1. The molecule has 0 atom stereocenters. The monoisotopic (exact) mass is 279 g/mol. The highest BCUT2D eigenvalue weighted by molar-refractivity contribution is 5.78. The Bertz CT molecular complexity index is 570. The number of aromatic nitrogens is 2. The second-order valence-electron chi connectivity index (χ2n) is 4.41. The lowest BCUT2D eigenvalue weighted by molar-refractivity contribution is -0.120. The van der Waals surface area contributed by atoms with Crippen LogP contribution in [0, 0.1) is 11.6 Å². The molecule has 1 heterocycles. The van der Waals surface area contributed by atoms with E-state index in [0.717, 1.165) is 30.8 Å². The Kier molecular flexibility index (Phi) is 4.81. The number of halogens is 2. The molecule has 0 radical (unpaired) electrons. The zero-order valence-electron chi connectivity index (χ0n) is 10.8. The van der Waals surface area contributed by atoms with E-state index >= 15 is 0 Å². The van der Waals surface area contributed by atoms with Crippen molar-refractivity contribution in [3.63, 3.8) is 0 Å². The molecule has 0 aliphatic rings. The van der Waals surface area contributed by atoms with Gasteiger partial charge in [0.2, 0.25) is 5.91 Å². The number of H-pyrrole nitrogens is 1. The molecule has 20 heavy (non-hydrogen) atoms. The van der Waals surface area contributed by atoms with Gasteiger partial charge in [0.1, 0.15) is 5.82 Å². The predicted molar refractivity (Wildman–Crippen MR) is 70.0 cm³/mol. The van der Waals surface area contributed by atoms with Crippen molar-refractivity contribution < 1.29 is 13.6 Å². The first kappa shape index (κ1) is 14.2. The van der Waals surface area contributed by atoms with E-state index in [2.05, 4.69) is 15.3 Å². The number of benzene rings is 1. The second kappa shape index (κ2) is 6.79. The third kappa shape index (κ3) is 4.15. The molecule has 106 valence electrons. The number of imidazole rings is 1. The lowest BCUT2D eigenvalue weighted by Crippen LogP contribution is -2.26. The van der Waals surface area contributed by atoms with Crippen molar-refractivity contribution in [1.29, 1.82) is 0 Å². The van der Waals surface area contributed by atoms with Gasteiger partial charge in [-0.3, -0.25) is 4.79 Å². The third-order valence-corrected chi connectivity index (χ3v) is 2.82. The standard InChI is InChI=1S/C14H15F2N3O/c15-11-4-3-10(8-12(11)16)9-14(20)19-5-1-2-13-17-6-7-18-13/h3-4,6-8H,1-2,5,9H2,(H,17,18)(H,19,20). The molecule has 0 unspecified atom stereocenters. The summed E-state index contributed by atoms with van der Waals surface area (Å²) in [6.45, 7) is 0.517. The van der Waals surface area contributed by atoms with Gasteiger partial charge in [0.25, 0.3) is 0 Å². The fourth-order valence-corrected chi connectivity index (χ4v) is 1.82. The van der Waals surface area contributed by atoms with Gasteiger partial charge in [-0.25, -0.2) is 13.8 Å². The minimum Gasteiger partial charge on any atom is -0.356 e. The van der Waals surface area contributed by atoms with Crippen molar-refractivity contribution in [2.75, 3.05) is 6.54 Å². The molecule has 0 bridgehead atoms. The fourth-order valence-electron chi connectivity index (χ4n) is 1.82. The lowest BCUT2D eigenvalue weighted by atomic mass is 10.1. The van der Waals surface area contributed by atoms with E-state index < -0.39 is 11.6 Å². The lowest BCUT2D eigenvalue weighted by Gasteiger charge is -2.05. The number of nitrogens with one attached hydrogen (secondary N) is 2. The van der Waals surface area contributed by atoms with Gasteiger partial charge in [-0.15, -0.1) is 0 Å². The molecule has 1 aromatic heterocycles. The number of aryl methyl sites for hydroxylation is 1. The number of amides is 1. The van der Waals surface area contributed by atoms with Crippen molar-refractivity contribution in [3.8, 4) is 0 Å². The number of carbonyl (C=O) groups is 1. The van der Waals surface area contributed by atoms with Crippen LogP contribution >= 0.6 is 0 Å². The van der Waals surface area contributed by atoms with Crippen molar-refractivity contribution in [2.45, 2.75) is 19.3 Å². The molecule has 1 aromatic carbocycles. The minimum atomic E-state index is -0.937. The molecule has 0 aliphatic carbocycles.